The van der Waals surface area contributed by atoms with Crippen molar-refractivity contribution in [3.63, 3.8) is 0 Å². The molecule has 2 amide bonds. The molecule has 0 saturated heterocycles. The molecule has 0 aliphatic heterocycles. The van der Waals surface area contributed by atoms with Crippen molar-refractivity contribution in [3.8, 4) is 5.75 Å². The van der Waals surface area contributed by atoms with Gasteiger partial charge in [-0.3, -0.25) is 13.9 Å². The van der Waals surface area contributed by atoms with Crippen LogP contribution in [0.25, 0.3) is 0 Å². The van der Waals surface area contributed by atoms with Gasteiger partial charge >= 0.3 is 0 Å². The van der Waals surface area contributed by atoms with E-state index in [1.54, 1.807) is 36.1 Å². The minimum atomic E-state index is -3.61. The second-order valence-electron chi connectivity index (χ2n) is 8.46. The predicted molar refractivity (Wildman–Crippen MR) is 146 cm³/mol. The highest BCUT2D eigenvalue weighted by Gasteiger charge is 2.27. The summed E-state index contributed by atoms with van der Waals surface area (Å²) in [6.07, 6.45) is 2.30. The predicted octanol–water partition coefficient (Wildman–Crippen LogP) is 4.34. The molecule has 0 aliphatic carbocycles. The maximum atomic E-state index is 13.3. The minimum Gasteiger partial charge on any atom is -0.492 e. The van der Waals surface area contributed by atoms with Gasteiger partial charge in [-0.05, 0) is 56.5 Å². The van der Waals surface area contributed by atoms with E-state index in [0.717, 1.165) is 22.7 Å². The fraction of sp³-hybridized carbons (Fsp3) is 0.462. The molecule has 8 nitrogen and oxygen atoms in total. The number of halogens is 1. The van der Waals surface area contributed by atoms with E-state index >= 15 is 0 Å². The second-order valence-corrected chi connectivity index (χ2v) is 11.3. The largest absolute Gasteiger partial charge is 0.492 e. The lowest BCUT2D eigenvalue weighted by Crippen LogP contribution is -2.47. The standard InChI is InChI=1S/C26H36BrN3O5S/c1-5-16-28-26(32)20(3)29(19-21-11-9-12-22(27)18-21)25(31)15-10-17-30(36(4,33)34)23-13-7-8-14-24(23)35-6-2/h7-9,11-14,18,20H,5-6,10,15-17,19H2,1-4H3,(H,28,32). The van der Waals surface area contributed by atoms with Gasteiger partial charge < -0.3 is 15.0 Å². The van der Waals surface area contributed by atoms with Crippen LogP contribution in [-0.4, -0.2) is 57.1 Å². The Hall–Kier alpha value is -2.59. The fourth-order valence-corrected chi connectivity index (χ4v) is 5.15. The molecule has 1 N–H and O–H groups in total. The van der Waals surface area contributed by atoms with Gasteiger partial charge in [-0.15, -0.1) is 0 Å². The zero-order valence-corrected chi connectivity index (χ0v) is 23.8. The number of hydrogen-bond donors (Lipinski definition) is 1. The summed E-state index contributed by atoms with van der Waals surface area (Å²) in [4.78, 5) is 27.6. The van der Waals surface area contributed by atoms with Gasteiger partial charge in [-0.1, -0.05) is 47.1 Å². The van der Waals surface area contributed by atoms with E-state index in [2.05, 4.69) is 21.2 Å². The first-order valence-electron chi connectivity index (χ1n) is 12.1. The first-order chi connectivity index (χ1) is 17.1. The molecule has 0 aliphatic rings. The van der Waals surface area contributed by atoms with Crippen LogP contribution >= 0.6 is 15.9 Å². The summed E-state index contributed by atoms with van der Waals surface area (Å²) >= 11 is 3.45. The Morgan fingerprint density at radius 2 is 1.83 bits per heavy atom. The molecule has 2 rings (SSSR count). The number of nitrogens with one attached hydrogen (secondary N) is 1. The van der Waals surface area contributed by atoms with Crippen molar-refractivity contribution in [2.24, 2.45) is 0 Å². The lowest BCUT2D eigenvalue weighted by atomic mass is 10.1. The first-order valence-corrected chi connectivity index (χ1v) is 14.7. The number of carbonyl (C=O) groups is 2. The zero-order chi connectivity index (χ0) is 26.7. The number of carbonyl (C=O) groups excluding carboxylic acids is 2. The highest BCUT2D eigenvalue weighted by molar-refractivity contribution is 9.10. The number of ether oxygens (including phenoxy) is 1. The lowest BCUT2D eigenvalue weighted by Gasteiger charge is -2.29. The first kappa shape index (κ1) is 29.6. The molecule has 0 radical (unpaired) electrons. The van der Waals surface area contributed by atoms with E-state index in [9.17, 15) is 18.0 Å². The summed E-state index contributed by atoms with van der Waals surface area (Å²) in [7, 11) is -3.61. The summed E-state index contributed by atoms with van der Waals surface area (Å²) in [5.41, 5.74) is 1.32. The van der Waals surface area contributed by atoms with Crippen molar-refractivity contribution in [1.29, 1.82) is 0 Å². The molecule has 0 heterocycles. The number of rotatable bonds is 14. The molecule has 198 valence electrons. The molecule has 0 spiro atoms. The molecule has 0 fully saturated rings. The van der Waals surface area contributed by atoms with E-state index in [4.69, 9.17) is 4.74 Å². The molecule has 0 saturated carbocycles. The Morgan fingerprint density at radius 1 is 1.11 bits per heavy atom. The summed E-state index contributed by atoms with van der Waals surface area (Å²) < 4.78 is 32.9. The van der Waals surface area contributed by atoms with Crippen molar-refractivity contribution < 1.29 is 22.7 Å². The number of anilines is 1. The van der Waals surface area contributed by atoms with Crippen LogP contribution < -0.4 is 14.4 Å². The Labute approximate surface area is 223 Å². The number of sulfonamides is 1. The van der Waals surface area contributed by atoms with Gasteiger partial charge in [0.25, 0.3) is 0 Å². The third-order valence-electron chi connectivity index (χ3n) is 5.54. The monoisotopic (exact) mass is 581 g/mol. The van der Waals surface area contributed by atoms with Crippen LogP contribution in [0.2, 0.25) is 0 Å². The molecule has 2 aromatic carbocycles. The Kier molecular flexibility index (Phi) is 11.7. The molecule has 36 heavy (non-hydrogen) atoms. The highest BCUT2D eigenvalue weighted by atomic mass is 79.9. The topological polar surface area (TPSA) is 96.0 Å². The molecule has 1 atom stereocenters. The molecule has 0 aromatic heterocycles. The summed E-state index contributed by atoms with van der Waals surface area (Å²) in [5.74, 6) is 0.0264. The molecule has 0 bridgehead atoms. The van der Waals surface area contributed by atoms with Crippen LogP contribution in [0.4, 0.5) is 5.69 Å². The normalized spacial score (nSPS) is 12.0. The Balaban J connectivity index is 2.19. The number of nitrogens with zero attached hydrogens (tertiary/aromatic N) is 2. The molecule has 10 heteroatoms. The van der Waals surface area contributed by atoms with Crippen LogP contribution in [0.1, 0.15) is 45.6 Å². The van der Waals surface area contributed by atoms with Crippen molar-refractivity contribution in [2.45, 2.75) is 52.6 Å². The molecular weight excluding hydrogens is 546 g/mol. The van der Waals surface area contributed by atoms with E-state index in [1.165, 1.54) is 4.31 Å². The molecular formula is C26H36BrN3O5S. The summed E-state index contributed by atoms with van der Waals surface area (Å²) in [6.45, 7) is 6.81. The number of hydrogen-bond acceptors (Lipinski definition) is 5. The Morgan fingerprint density at radius 3 is 2.47 bits per heavy atom. The van der Waals surface area contributed by atoms with Crippen LogP contribution in [-0.2, 0) is 26.2 Å². The smallest absolute Gasteiger partial charge is 0.242 e. The highest BCUT2D eigenvalue weighted by Crippen LogP contribution is 2.30. The van der Waals surface area contributed by atoms with E-state index < -0.39 is 16.1 Å². The van der Waals surface area contributed by atoms with Crippen molar-refractivity contribution >= 4 is 43.5 Å². The van der Waals surface area contributed by atoms with Gasteiger partial charge in [-0.2, -0.15) is 0 Å². The van der Waals surface area contributed by atoms with E-state index in [-0.39, 0.29) is 37.7 Å². The zero-order valence-electron chi connectivity index (χ0n) is 21.4. The van der Waals surface area contributed by atoms with Crippen molar-refractivity contribution in [1.82, 2.24) is 10.2 Å². The van der Waals surface area contributed by atoms with Gasteiger partial charge in [0.2, 0.25) is 21.8 Å². The minimum absolute atomic E-state index is 0.0855. The average molecular weight is 583 g/mol. The number of para-hydroxylation sites is 2. The molecule has 2 aromatic rings. The molecule has 1 unspecified atom stereocenters. The number of benzene rings is 2. The van der Waals surface area contributed by atoms with Crippen molar-refractivity contribution in [2.75, 3.05) is 30.3 Å². The van der Waals surface area contributed by atoms with Gasteiger partial charge in [0.1, 0.15) is 11.8 Å². The lowest BCUT2D eigenvalue weighted by molar-refractivity contribution is -0.140. The third-order valence-corrected chi connectivity index (χ3v) is 7.22. The Bertz CT molecular complexity index is 1130. The van der Waals surface area contributed by atoms with E-state index in [0.29, 0.717) is 24.6 Å². The van der Waals surface area contributed by atoms with Crippen molar-refractivity contribution in [3.05, 3.63) is 58.6 Å². The third kappa shape index (κ3) is 8.81. The quantitative estimate of drug-likeness (QED) is 0.358. The van der Waals surface area contributed by atoms with Gasteiger partial charge in [0.05, 0.1) is 18.6 Å². The SMILES string of the molecule is CCCNC(=O)C(C)N(Cc1cccc(Br)c1)C(=O)CCCN(c1ccccc1OCC)S(C)(=O)=O. The second kappa shape index (κ2) is 14.2. The fourth-order valence-electron chi connectivity index (χ4n) is 3.73. The van der Waals surface area contributed by atoms with Crippen LogP contribution in [0.5, 0.6) is 5.75 Å². The maximum absolute atomic E-state index is 13.3. The maximum Gasteiger partial charge on any atom is 0.242 e. The summed E-state index contributed by atoms with van der Waals surface area (Å²) in [5, 5.41) is 2.85. The van der Waals surface area contributed by atoms with Gasteiger partial charge in [0, 0.05) is 30.5 Å². The number of amides is 2. The van der Waals surface area contributed by atoms with Crippen LogP contribution in [0.15, 0.2) is 53.0 Å². The van der Waals surface area contributed by atoms with Gasteiger partial charge in [0.15, 0.2) is 0 Å². The van der Waals surface area contributed by atoms with E-state index in [1.807, 2.05) is 38.1 Å². The van der Waals surface area contributed by atoms with Crippen LogP contribution in [0.3, 0.4) is 0 Å². The van der Waals surface area contributed by atoms with Gasteiger partial charge in [-0.25, -0.2) is 8.42 Å². The van der Waals surface area contributed by atoms with Crippen LogP contribution in [0, 0.1) is 0 Å². The summed E-state index contributed by atoms with van der Waals surface area (Å²) in [6, 6.07) is 13.8. The average Bonchev–Trinajstić information content (AvgIpc) is 2.83.